The Labute approximate surface area is 231 Å². The number of rotatable bonds is 9. The third-order valence-corrected chi connectivity index (χ3v) is 7.46. The smallest absolute Gasteiger partial charge is 0.330 e. The van der Waals surface area contributed by atoms with Crippen LogP contribution in [-0.4, -0.2) is 38.1 Å². The molecular weight excluding hydrogens is 554 g/mol. The van der Waals surface area contributed by atoms with E-state index >= 15 is 0 Å². The quantitative estimate of drug-likeness (QED) is 0.289. The van der Waals surface area contributed by atoms with Crippen LogP contribution in [0.5, 0.6) is 0 Å². The lowest BCUT2D eigenvalue weighted by Gasteiger charge is -2.33. The van der Waals surface area contributed by atoms with Crippen molar-refractivity contribution in [2.24, 2.45) is 5.73 Å². The zero-order chi connectivity index (χ0) is 25.8. The topological polar surface area (TPSA) is 85.6 Å². The Kier molecular flexibility index (Phi) is 9.70. The average molecular weight is 587 g/mol. The van der Waals surface area contributed by atoms with Crippen LogP contribution >= 0.6 is 28.3 Å². The zero-order valence-corrected chi connectivity index (χ0v) is 23.8. The lowest BCUT2D eigenvalue weighted by molar-refractivity contribution is 0.0660. The largest absolute Gasteiger partial charge is 0.349 e. The van der Waals surface area contributed by atoms with Crippen LogP contribution in [0.1, 0.15) is 58.7 Å². The van der Waals surface area contributed by atoms with E-state index in [4.69, 9.17) is 5.73 Å². The molecule has 2 N–H and O–H groups in total. The standard InChI is InChI=1S/C28H32BrN5O2.ClH/c1-4-23(32(16-8-15-30)27(35)22-13-11-19(2)12-14-22)24-17-25-26(29)20(3)31-34(25)28(36)33(24)18-21-9-6-5-7-10-21;/h5-7,9-14,17,23H,4,8,15-16,18,30H2,1-3H3;1H. The summed E-state index contributed by atoms with van der Waals surface area (Å²) >= 11 is 3.60. The summed E-state index contributed by atoms with van der Waals surface area (Å²) in [4.78, 5) is 29.4. The molecule has 0 saturated carbocycles. The fourth-order valence-corrected chi connectivity index (χ4v) is 4.91. The predicted octanol–water partition coefficient (Wildman–Crippen LogP) is 5.29. The third kappa shape index (κ3) is 5.98. The normalized spacial score (nSPS) is 11.8. The Bertz CT molecular complexity index is 1420. The van der Waals surface area contributed by atoms with Gasteiger partial charge in [-0.3, -0.25) is 9.36 Å². The zero-order valence-electron chi connectivity index (χ0n) is 21.4. The van der Waals surface area contributed by atoms with Crippen molar-refractivity contribution in [3.05, 3.63) is 104 Å². The maximum absolute atomic E-state index is 13.8. The number of aromatic nitrogens is 3. The maximum Gasteiger partial charge on any atom is 0.349 e. The van der Waals surface area contributed by atoms with E-state index in [2.05, 4.69) is 21.0 Å². The van der Waals surface area contributed by atoms with E-state index in [-0.39, 0.29) is 30.0 Å². The fourth-order valence-electron chi connectivity index (χ4n) is 4.55. The van der Waals surface area contributed by atoms with Gasteiger partial charge in [-0.05, 0) is 72.9 Å². The summed E-state index contributed by atoms with van der Waals surface area (Å²) in [5.74, 6) is -0.0716. The second-order valence-electron chi connectivity index (χ2n) is 9.05. The molecule has 0 saturated heterocycles. The van der Waals surface area contributed by atoms with Gasteiger partial charge in [-0.15, -0.1) is 12.4 Å². The van der Waals surface area contributed by atoms with Crippen LogP contribution in [0.15, 0.2) is 69.9 Å². The lowest BCUT2D eigenvalue weighted by Crippen LogP contribution is -2.40. The number of amides is 1. The number of benzene rings is 2. The molecule has 2 aromatic heterocycles. The van der Waals surface area contributed by atoms with Gasteiger partial charge in [0.25, 0.3) is 5.91 Å². The molecule has 0 radical (unpaired) electrons. The molecule has 9 heteroatoms. The molecule has 4 rings (SSSR count). The summed E-state index contributed by atoms with van der Waals surface area (Å²) in [7, 11) is 0. The molecule has 0 aliphatic carbocycles. The molecule has 0 spiro atoms. The molecule has 1 amide bonds. The van der Waals surface area contributed by atoms with Crippen molar-refractivity contribution in [1.29, 1.82) is 0 Å². The first-order chi connectivity index (χ1) is 17.3. The SMILES string of the molecule is CCC(c1cc2c(Br)c(C)nn2c(=O)n1Cc1ccccc1)N(CCCN)C(=O)c1ccc(C)cc1.Cl. The molecule has 0 fully saturated rings. The van der Waals surface area contributed by atoms with Crippen LogP contribution in [-0.2, 0) is 6.54 Å². The van der Waals surface area contributed by atoms with Crippen molar-refractivity contribution in [3.8, 4) is 0 Å². The highest BCUT2D eigenvalue weighted by atomic mass is 79.9. The predicted molar refractivity (Wildman–Crippen MR) is 154 cm³/mol. The van der Waals surface area contributed by atoms with Crippen LogP contribution in [0.4, 0.5) is 0 Å². The number of fused-ring (bicyclic) bond motifs is 1. The lowest BCUT2D eigenvalue weighted by atomic mass is 10.0. The van der Waals surface area contributed by atoms with E-state index in [1.165, 1.54) is 4.52 Å². The Balaban J connectivity index is 0.00000380. The van der Waals surface area contributed by atoms with E-state index in [0.29, 0.717) is 43.6 Å². The second kappa shape index (κ2) is 12.5. The van der Waals surface area contributed by atoms with E-state index in [9.17, 15) is 9.59 Å². The molecule has 0 aliphatic rings. The number of nitrogens with two attached hydrogens (primary N) is 1. The first kappa shape index (κ1) is 28.6. The van der Waals surface area contributed by atoms with Gasteiger partial charge in [-0.25, -0.2) is 4.79 Å². The number of carbonyl (C=O) groups is 1. The first-order valence-corrected chi connectivity index (χ1v) is 13.0. The molecule has 7 nitrogen and oxygen atoms in total. The number of nitrogens with zero attached hydrogens (tertiary/aromatic N) is 4. The van der Waals surface area contributed by atoms with E-state index < -0.39 is 0 Å². The Morgan fingerprint density at radius 3 is 2.41 bits per heavy atom. The first-order valence-electron chi connectivity index (χ1n) is 12.3. The van der Waals surface area contributed by atoms with E-state index in [0.717, 1.165) is 27.0 Å². The summed E-state index contributed by atoms with van der Waals surface area (Å²) in [6.45, 7) is 7.24. The van der Waals surface area contributed by atoms with Crippen molar-refractivity contribution >= 4 is 39.8 Å². The summed E-state index contributed by atoms with van der Waals surface area (Å²) in [5, 5.41) is 4.47. The van der Waals surface area contributed by atoms with Gasteiger partial charge in [0.1, 0.15) is 0 Å². The van der Waals surface area contributed by atoms with Crippen LogP contribution in [0.3, 0.4) is 0 Å². The summed E-state index contributed by atoms with van der Waals surface area (Å²) in [6, 6.07) is 19.1. The summed E-state index contributed by atoms with van der Waals surface area (Å²) in [6.07, 6.45) is 1.30. The molecule has 2 heterocycles. The highest BCUT2D eigenvalue weighted by molar-refractivity contribution is 9.10. The number of aryl methyl sites for hydroxylation is 2. The Morgan fingerprint density at radius 2 is 1.78 bits per heavy atom. The molecule has 0 bridgehead atoms. The monoisotopic (exact) mass is 585 g/mol. The van der Waals surface area contributed by atoms with Crippen LogP contribution in [0.25, 0.3) is 5.52 Å². The molecule has 0 aliphatic heterocycles. The summed E-state index contributed by atoms with van der Waals surface area (Å²) < 4.78 is 3.96. The molecule has 1 atom stereocenters. The van der Waals surface area contributed by atoms with Gasteiger partial charge in [0.2, 0.25) is 0 Å². The van der Waals surface area contributed by atoms with Gasteiger partial charge in [0.05, 0.1) is 28.3 Å². The van der Waals surface area contributed by atoms with Gasteiger partial charge < -0.3 is 10.6 Å². The Hall–Kier alpha value is -2.94. The molecule has 37 heavy (non-hydrogen) atoms. The summed E-state index contributed by atoms with van der Waals surface area (Å²) in [5.41, 5.74) is 10.5. The van der Waals surface area contributed by atoms with E-state index in [1.807, 2.05) is 86.3 Å². The minimum absolute atomic E-state index is 0. The molecule has 1 unspecified atom stereocenters. The number of carbonyl (C=O) groups excluding carboxylic acids is 1. The fraction of sp³-hybridized carbons (Fsp3) is 0.321. The van der Waals surface area contributed by atoms with Crippen LogP contribution in [0, 0.1) is 13.8 Å². The Morgan fingerprint density at radius 1 is 1.11 bits per heavy atom. The van der Waals surface area contributed by atoms with Crippen LogP contribution in [0.2, 0.25) is 0 Å². The maximum atomic E-state index is 13.8. The van der Waals surface area contributed by atoms with Gasteiger partial charge in [0, 0.05) is 17.8 Å². The van der Waals surface area contributed by atoms with Gasteiger partial charge in [-0.1, -0.05) is 55.0 Å². The van der Waals surface area contributed by atoms with Crippen molar-refractivity contribution in [1.82, 2.24) is 19.1 Å². The number of halogens is 2. The van der Waals surface area contributed by atoms with Crippen molar-refractivity contribution < 1.29 is 4.79 Å². The van der Waals surface area contributed by atoms with Gasteiger partial charge in [-0.2, -0.15) is 9.61 Å². The van der Waals surface area contributed by atoms with Gasteiger partial charge in [0.15, 0.2) is 0 Å². The highest BCUT2D eigenvalue weighted by Crippen LogP contribution is 2.30. The van der Waals surface area contributed by atoms with Crippen molar-refractivity contribution in [3.63, 3.8) is 0 Å². The minimum Gasteiger partial charge on any atom is -0.330 e. The molecular formula is C28H33BrClN5O2. The number of hydrogen-bond donors (Lipinski definition) is 1. The molecule has 4 aromatic rings. The molecule has 2 aromatic carbocycles. The average Bonchev–Trinajstić information content (AvgIpc) is 3.18. The van der Waals surface area contributed by atoms with E-state index in [1.54, 1.807) is 4.57 Å². The highest BCUT2D eigenvalue weighted by Gasteiger charge is 2.29. The van der Waals surface area contributed by atoms with Crippen LogP contribution < -0.4 is 11.4 Å². The second-order valence-corrected chi connectivity index (χ2v) is 9.84. The van der Waals surface area contributed by atoms with Crippen molar-refractivity contribution in [2.45, 2.75) is 46.2 Å². The number of hydrogen-bond acceptors (Lipinski definition) is 4. The third-order valence-electron chi connectivity index (χ3n) is 6.48. The van der Waals surface area contributed by atoms with Gasteiger partial charge >= 0.3 is 5.69 Å². The van der Waals surface area contributed by atoms with Crippen molar-refractivity contribution in [2.75, 3.05) is 13.1 Å². The molecule has 196 valence electrons. The minimum atomic E-state index is -0.325.